The predicted molar refractivity (Wildman–Crippen MR) is 104 cm³/mol. The highest BCUT2D eigenvalue weighted by molar-refractivity contribution is 6.31. The van der Waals surface area contributed by atoms with E-state index in [2.05, 4.69) is 10.6 Å². The molecule has 1 unspecified atom stereocenters. The summed E-state index contributed by atoms with van der Waals surface area (Å²) in [5.74, 6) is -1.00. The number of amides is 4. The van der Waals surface area contributed by atoms with Gasteiger partial charge >= 0.3 is 6.03 Å². The number of benzene rings is 2. The summed E-state index contributed by atoms with van der Waals surface area (Å²) in [6, 6.07) is 11.1. The fourth-order valence-corrected chi connectivity index (χ4v) is 3.20. The van der Waals surface area contributed by atoms with E-state index in [9.17, 15) is 14.4 Å². The number of carbonyl (C=O) groups is 3. The van der Waals surface area contributed by atoms with Crippen LogP contribution in [0.1, 0.15) is 18.1 Å². The Balaban J connectivity index is 1.76. The molecule has 1 saturated heterocycles. The summed E-state index contributed by atoms with van der Waals surface area (Å²) in [4.78, 5) is 38.4. The SMILES string of the molecule is Cc1c(Cl)cccc1NC(=O)CN1C(=O)NC(C)(c2ccc(Cl)cc2)C1=O. The minimum atomic E-state index is -1.26. The zero-order chi connectivity index (χ0) is 19.8. The number of anilines is 1. The molecular weight excluding hydrogens is 389 g/mol. The summed E-state index contributed by atoms with van der Waals surface area (Å²) in [5.41, 5.74) is 0.558. The van der Waals surface area contributed by atoms with Crippen LogP contribution in [0.5, 0.6) is 0 Å². The lowest BCUT2D eigenvalue weighted by Gasteiger charge is -2.22. The lowest BCUT2D eigenvalue weighted by atomic mass is 9.92. The molecule has 0 bridgehead atoms. The number of nitrogens with zero attached hydrogens (tertiary/aromatic N) is 1. The number of urea groups is 1. The van der Waals surface area contributed by atoms with Crippen molar-refractivity contribution in [2.24, 2.45) is 0 Å². The monoisotopic (exact) mass is 405 g/mol. The van der Waals surface area contributed by atoms with Crippen LogP contribution in [-0.2, 0) is 15.1 Å². The van der Waals surface area contributed by atoms with E-state index < -0.39 is 29.9 Å². The van der Waals surface area contributed by atoms with E-state index in [-0.39, 0.29) is 0 Å². The van der Waals surface area contributed by atoms with E-state index in [1.807, 2.05) is 0 Å². The maximum absolute atomic E-state index is 12.8. The molecule has 0 aliphatic carbocycles. The number of halogens is 2. The molecule has 1 fully saturated rings. The van der Waals surface area contributed by atoms with Crippen molar-refractivity contribution in [3.8, 4) is 0 Å². The Hall–Kier alpha value is -2.57. The van der Waals surface area contributed by atoms with Crippen LogP contribution in [0.4, 0.5) is 10.5 Å². The molecule has 2 aromatic carbocycles. The van der Waals surface area contributed by atoms with E-state index in [0.717, 1.165) is 4.90 Å². The second-order valence-electron chi connectivity index (χ2n) is 6.41. The smallest absolute Gasteiger partial charge is 0.324 e. The standard InChI is InChI=1S/C19H17Cl2N3O3/c1-11-14(21)4-3-5-15(11)22-16(25)10-24-17(26)19(2,23-18(24)27)12-6-8-13(20)9-7-12/h3-9H,10H2,1-2H3,(H,22,25)(H,23,27). The molecule has 1 aliphatic heterocycles. The van der Waals surface area contributed by atoms with Gasteiger partial charge in [-0.05, 0) is 49.2 Å². The molecule has 3 rings (SSSR count). The summed E-state index contributed by atoms with van der Waals surface area (Å²) in [6.45, 7) is 2.96. The molecule has 1 atom stereocenters. The molecule has 8 heteroatoms. The number of rotatable bonds is 4. The molecule has 2 N–H and O–H groups in total. The largest absolute Gasteiger partial charge is 0.325 e. The van der Waals surface area contributed by atoms with Crippen molar-refractivity contribution >= 4 is 46.7 Å². The molecule has 0 radical (unpaired) electrons. The van der Waals surface area contributed by atoms with E-state index in [1.165, 1.54) is 0 Å². The van der Waals surface area contributed by atoms with Gasteiger partial charge < -0.3 is 10.6 Å². The van der Waals surface area contributed by atoms with E-state index in [4.69, 9.17) is 23.2 Å². The number of hydrogen-bond donors (Lipinski definition) is 2. The lowest BCUT2D eigenvalue weighted by molar-refractivity contribution is -0.133. The summed E-state index contributed by atoms with van der Waals surface area (Å²) in [6.07, 6.45) is 0. The van der Waals surface area contributed by atoms with E-state index in [0.29, 0.717) is 26.9 Å². The highest BCUT2D eigenvalue weighted by atomic mass is 35.5. The third-order valence-electron chi connectivity index (χ3n) is 4.54. The fourth-order valence-electron chi connectivity index (χ4n) is 2.90. The number of nitrogens with one attached hydrogen (secondary N) is 2. The maximum Gasteiger partial charge on any atom is 0.325 e. The molecule has 0 saturated carbocycles. The van der Waals surface area contributed by atoms with Crippen molar-refractivity contribution in [3.05, 3.63) is 63.6 Å². The van der Waals surface area contributed by atoms with Gasteiger partial charge in [0.15, 0.2) is 0 Å². The van der Waals surface area contributed by atoms with Crippen LogP contribution in [0.2, 0.25) is 10.0 Å². The third kappa shape index (κ3) is 3.63. The highest BCUT2D eigenvalue weighted by Gasteiger charge is 2.49. The first-order chi connectivity index (χ1) is 12.7. The maximum atomic E-state index is 12.8. The highest BCUT2D eigenvalue weighted by Crippen LogP contribution is 2.30. The Morgan fingerprint density at radius 3 is 2.48 bits per heavy atom. The van der Waals surface area contributed by atoms with Crippen LogP contribution in [0.25, 0.3) is 0 Å². The third-order valence-corrected chi connectivity index (χ3v) is 5.20. The summed E-state index contributed by atoms with van der Waals surface area (Å²) >= 11 is 11.9. The topological polar surface area (TPSA) is 78.5 Å². The zero-order valence-corrected chi connectivity index (χ0v) is 16.2. The van der Waals surface area contributed by atoms with Crippen molar-refractivity contribution in [3.63, 3.8) is 0 Å². The summed E-state index contributed by atoms with van der Waals surface area (Å²) in [7, 11) is 0. The number of hydrogen-bond acceptors (Lipinski definition) is 3. The number of imide groups is 1. The molecular formula is C19H17Cl2N3O3. The normalized spacial score (nSPS) is 19.2. The van der Waals surface area contributed by atoms with Crippen molar-refractivity contribution in [1.29, 1.82) is 0 Å². The van der Waals surface area contributed by atoms with Crippen LogP contribution in [0.3, 0.4) is 0 Å². The Labute approximate surface area is 166 Å². The first-order valence-corrected chi connectivity index (χ1v) is 8.93. The lowest BCUT2D eigenvalue weighted by Crippen LogP contribution is -2.42. The average Bonchev–Trinajstić information content (AvgIpc) is 2.83. The molecule has 1 aliphatic rings. The fraction of sp³-hybridized carbons (Fsp3) is 0.211. The quantitative estimate of drug-likeness (QED) is 0.760. The van der Waals surface area contributed by atoms with Crippen molar-refractivity contribution in [2.75, 3.05) is 11.9 Å². The van der Waals surface area contributed by atoms with Crippen molar-refractivity contribution < 1.29 is 14.4 Å². The first kappa shape index (κ1) is 19.2. The van der Waals surface area contributed by atoms with Gasteiger partial charge in [-0.3, -0.25) is 14.5 Å². The minimum absolute atomic E-state index is 0.403. The van der Waals surface area contributed by atoms with Crippen LogP contribution in [0, 0.1) is 6.92 Å². The second-order valence-corrected chi connectivity index (χ2v) is 7.26. The van der Waals surface area contributed by atoms with Crippen molar-refractivity contribution in [2.45, 2.75) is 19.4 Å². The van der Waals surface area contributed by atoms with Gasteiger partial charge in [-0.25, -0.2) is 4.79 Å². The van der Waals surface area contributed by atoms with Crippen LogP contribution in [0.15, 0.2) is 42.5 Å². The molecule has 27 heavy (non-hydrogen) atoms. The second kappa shape index (κ2) is 7.21. The van der Waals surface area contributed by atoms with Gasteiger partial charge in [-0.15, -0.1) is 0 Å². The van der Waals surface area contributed by atoms with E-state index >= 15 is 0 Å². The average molecular weight is 406 g/mol. The molecule has 1 heterocycles. The van der Waals surface area contributed by atoms with E-state index in [1.54, 1.807) is 56.3 Å². The molecule has 2 aromatic rings. The molecule has 6 nitrogen and oxygen atoms in total. The van der Waals surface area contributed by atoms with Crippen LogP contribution >= 0.6 is 23.2 Å². The number of carbonyl (C=O) groups excluding carboxylic acids is 3. The van der Waals surface area contributed by atoms with Gasteiger partial charge in [0.2, 0.25) is 5.91 Å². The van der Waals surface area contributed by atoms with Crippen LogP contribution < -0.4 is 10.6 Å². The Bertz CT molecular complexity index is 930. The zero-order valence-electron chi connectivity index (χ0n) is 14.7. The summed E-state index contributed by atoms with van der Waals surface area (Å²) < 4.78 is 0. The molecule has 0 aromatic heterocycles. The first-order valence-electron chi connectivity index (χ1n) is 8.17. The van der Waals surface area contributed by atoms with Gasteiger partial charge in [0.1, 0.15) is 12.1 Å². The Morgan fingerprint density at radius 1 is 1.15 bits per heavy atom. The van der Waals surface area contributed by atoms with Crippen molar-refractivity contribution in [1.82, 2.24) is 10.2 Å². The van der Waals surface area contributed by atoms with Gasteiger partial charge in [0, 0.05) is 15.7 Å². The summed E-state index contributed by atoms with van der Waals surface area (Å²) in [5, 5.41) is 6.36. The van der Waals surface area contributed by atoms with Crippen LogP contribution in [-0.4, -0.2) is 29.3 Å². The minimum Gasteiger partial charge on any atom is -0.324 e. The van der Waals surface area contributed by atoms with Gasteiger partial charge in [-0.1, -0.05) is 41.4 Å². The Morgan fingerprint density at radius 2 is 1.81 bits per heavy atom. The molecule has 4 amide bonds. The van der Waals surface area contributed by atoms with Gasteiger partial charge in [0.25, 0.3) is 5.91 Å². The molecule has 140 valence electrons. The Kier molecular flexibility index (Phi) is 5.13. The molecule has 0 spiro atoms. The van der Waals surface area contributed by atoms with Gasteiger partial charge in [-0.2, -0.15) is 0 Å². The predicted octanol–water partition coefficient (Wildman–Crippen LogP) is 3.71. The van der Waals surface area contributed by atoms with Gasteiger partial charge in [0.05, 0.1) is 0 Å².